The Morgan fingerprint density at radius 3 is 1.91 bits per heavy atom. The summed E-state index contributed by atoms with van der Waals surface area (Å²) in [5.74, 6) is -3.90. The number of fused-ring (bicyclic) bond motifs is 1. The van der Waals surface area contributed by atoms with Gasteiger partial charge in [-0.15, -0.1) is 30.7 Å². The number of nitrogens with one attached hydrogen (secondary N) is 1. The second kappa shape index (κ2) is 18.6. The van der Waals surface area contributed by atoms with Crippen LogP contribution in [-0.4, -0.2) is 93.5 Å². The number of phenolic OH excluding ortho intramolecular Hbond substituents is 1. The molecule has 1 aromatic heterocycles. The van der Waals surface area contributed by atoms with Crippen LogP contribution in [0.5, 0.6) is 17.2 Å². The van der Waals surface area contributed by atoms with Gasteiger partial charge in [-0.1, -0.05) is 12.1 Å². The van der Waals surface area contributed by atoms with Gasteiger partial charge in [-0.25, -0.2) is 13.9 Å². The molecule has 332 valence electrons. The zero-order valence-electron chi connectivity index (χ0n) is 31.9. The number of hydrogen-bond acceptors (Lipinski definition) is 19. The molecule has 6 aromatic rings. The quantitative estimate of drug-likeness (QED) is 0.0230. The summed E-state index contributed by atoms with van der Waals surface area (Å²) >= 11 is 0. The topological polar surface area (TPSA) is 380 Å². The van der Waals surface area contributed by atoms with Gasteiger partial charge in [-0.2, -0.15) is 16.8 Å². The highest BCUT2D eigenvalue weighted by atomic mass is 32.2. The number of aliphatic hydroxyl groups excluding tert-OH is 2. The van der Waals surface area contributed by atoms with Crippen molar-refractivity contribution in [1.29, 1.82) is 0 Å². The van der Waals surface area contributed by atoms with E-state index in [2.05, 4.69) is 35.8 Å². The van der Waals surface area contributed by atoms with Gasteiger partial charge in [0, 0.05) is 29.7 Å². The molecule has 0 radical (unpaired) electrons. The molecule has 6 rings (SSSR count). The van der Waals surface area contributed by atoms with Gasteiger partial charge in [-0.3, -0.25) is 29.1 Å². The van der Waals surface area contributed by atoms with Crippen molar-refractivity contribution in [2.75, 3.05) is 26.4 Å². The van der Waals surface area contributed by atoms with E-state index in [0.717, 1.165) is 42.5 Å². The summed E-state index contributed by atoms with van der Waals surface area (Å²) < 4.78 is 95.3. The minimum atomic E-state index is -5.26. The maximum Gasteiger partial charge on any atom is 0.356 e. The van der Waals surface area contributed by atoms with Gasteiger partial charge < -0.3 is 29.9 Å². The van der Waals surface area contributed by atoms with Gasteiger partial charge in [0.1, 0.15) is 62.9 Å². The number of nitro benzene ring substituents is 1. The van der Waals surface area contributed by atoms with Crippen LogP contribution >= 0.6 is 0 Å². The van der Waals surface area contributed by atoms with Crippen LogP contribution in [0.2, 0.25) is 0 Å². The number of phenols is 1. The SMILES string of the molecule is O=C(O)c1[nH]n(-c2ccc3c(O)c(N=Nc4cc(OCCO)c(N=Nc5ccc([N+](=O)[O-])cc5S(=O)(=O)O)cc4OCCO)c(S(=O)(=O)O)cc3c2)c(=O)c1N=Nc1ccccc1F. The number of halogens is 1. The van der Waals surface area contributed by atoms with Crippen molar-refractivity contribution in [1.82, 2.24) is 9.78 Å². The summed E-state index contributed by atoms with van der Waals surface area (Å²) in [6, 6.07) is 13.8. The van der Waals surface area contributed by atoms with Gasteiger partial charge in [0.05, 0.1) is 23.8 Å². The van der Waals surface area contributed by atoms with E-state index in [9.17, 15) is 70.5 Å². The number of ether oxygens (including phenoxy) is 2. The molecule has 0 atom stereocenters. The molecule has 0 amide bonds. The fourth-order valence-corrected chi connectivity index (χ4v) is 6.92. The molecular weight excluding hydrogens is 898 g/mol. The van der Waals surface area contributed by atoms with Gasteiger partial charge in [-0.05, 0) is 47.9 Å². The Hall–Kier alpha value is -7.89. The fourth-order valence-electron chi connectivity index (χ4n) is 5.61. The Morgan fingerprint density at radius 2 is 1.33 bits per heavy atom. The van der Waals surface area contributed by atoms with E-state index in [4.69, 9.17) is 9.47 Å². The Morgan fingerprint density at radius 1 is 0.750 bits per heavy atom. The third-order valence-corrected chi connectivity index (χ3v) is 10.2. The van der Waals surface area contributed by atoms with Crippen molar-refractivity contribution < 1.29 is 69.9 Å². The van der Waals surface area contributed by atoms with E-state index in [1.54, 1.807) is 0 Å². The average Bonchev–Trinajstić information content (AvgIpc) is 3.58. The lowest BCUT2D eigenvalue weighted by Crippen LogP contribution is -2.14. The van der Waals surface area contributed by atoms with Crippen molar-refractivity contribution in [2.45, 2.75) is 9.79 Å². The number of azo groups is 3. The van der Waals surface area contributed by atoms with E-state index >= 15 is 0 Å². The molecule has 0 unspecified atom stereocenters. The second-order valence-electron chi connectivity index (χ2n) is 12.6. The Balaban J connectivity index is 1.44. The summed E-state index contributed by atoms with van der Waals surface area (Å²) in [6.45, 7) is -1.92. The monoisotopic (exact) mass is 925 g/mol. The number of aromatic hydroxyl groups is 1. The smallest absolute Gasteiger partial charge is 0.356 e. The highest BCUT2D eigenvalue weighted by Gasteiger charge is 2.26. The number of carbonyl (C=O) groups is 1. The van der Waals surface area contributed by atoms with Crippen molar-refractivity contribution >= 4 is 76.8 Å². The first kappa shape index (κ1) is 45.6. The molecule has 0 saturated heterocycles. The molecular formula is C36H28FN9O16S2. The normalized spacial score (nSPS) is 12.2. The number of aliphatic hydroxyl groups is 2. The number of hydrogen-bond donors (Lipinski definition) is 7. The summed E-state index contributed by atoms with van der Waals surface area (Å²) in [7, 11) is -10.3. The van der Waals surface area contributed by atoms with Crippen LogP contribution in [0.15, 0.2) is 124 Å². The predicted octanol–water partition coefficient (Wildman–Crippen LogP) is 6.25. The lowest BCUT2D eigenvalue weighted by Gasteiger charge is -2.13. The third-order valence-electron chi connectivity index (χ3n) is 8.45. The van der Waals surface area contributed by atoms with E-state index in [-0.39, 0.29) is 45.0 Å². The van der Waals surface area contributed by atoms with Gasteiger partial charge in [0.15, 0.2) is 22.9 Å². The van der Waals surface area contributed by atoms with Gasteiger partial charge in [0.2, 0.25) is 0 Å². The summed E-state index contributed by atoms with van der Waals surface area (Å²) in [5.41, 5.74) is -5.70. The van der Waals surface area contributed by atoms with Crippen LogP contribution < -0.4 is 15.0 Å². The highest BCUT2D eigenvalue weighted by molar-refractivity contribution is 7.86. The molecule has 1 heterocycles. The molecule has 7 N–H and O–H groups in total. The molecule has 0 aliphatic heterocycles. The van der Waals surface area contributed by atoms with E-state index < -0.39 is 113 Å². The number of nitro groups is 1. The number of carboxylic acid groups (broad SMARTS) is 1. The molecule has 25 nitrogen and oxygen atoms in total. The standard InChI is InChI=1S/C36H28FN9O16S2/c37-22-3-1-2-4-23(22)38-43-32-33(36(51)52)44-45(35(32)50)19-5-7-21-18(13-19)14-30(64(58,59)60)31(34(21)49)42-41-26-17-27(61-11-9-47)25(16-28(26)62-12-10-48)40-39-24-8-6-20(46(53)54)15-29(24)63(55,56)57/h1-8,13-17,44,47-49H,9-12H2,(H,51,52)(H,55,56,57)(H,58,59,60). The number of aromatic amines is 1. The van der Waals surface area contributed by atoms with Crippen LogP contribution in [0.3, 0.4) is 0 Å². The van der Waals surface area contributed by atoms with Crippen molar-refractivity contribution in [3.63, 3.8) is 0 Å². The van der Waals surface area contributed by atoms with Crippen LogP contribution in [0.1, 0.15) is 10.5 Å². The number of aromatic nitrogens is 2. The maximum atomic E-state index is 14.1. The number of nitrogens with zero attached hydrogens (tertiary/aromatic N) is 8. The minimum absolute atomic E-state index is 0.136. The maximum absolute atomic E-state index is 14.1. The van der Waals surface area contributed by atoms with Gasteiger partial charge in [0.25, 0.3) is 31.5 Å². The van der Waals surface area contributed by atoms with Gasteiger partial charge >= 0.3 is 5.97 Å². The van der Waals surface area contributed by atoms with Crippen LogP contribution in [0.25, 0.3) is 16.5 Å². The lowest BCUT2D eigenvalue weighted by atomic mass is 10.1. The number of aromatic carboxylic acids is 1. The van der Waals surface area contributed by atoms with Crippen LogP contribution in [0.4, 0.5) is 44.2 Å². The Kier molecular flexibility index (Phi) is 13.3. The molecule has 28 heteroatoms. The summed E-state index contributed by atoms with van der Waals surface area (Å²) in [4.78, 5) is 33.7. The molecule has 0 saturated carbocycles. The summed E-state index contributed by atoms with van der Waals surface area (Å²) in [5, 5.41) is 76.0. The number of H-pyrrole nitrogens is 1. The second-order valence-corrected chi connectivity index (χ2v) is 15.4. The Labute approximate surface area is 356 Å². The average molecular weight is 926 g/mol. The number of non-ortho nitro benzene ring substituents is 1. The molecule has 0 spiro atoms. The number of rotatable bonds is 17. The molecule has 5 aromatic carbocycles. The number of carboxylic acids is 1. The zero-order chi connectivity index (χ0) is 46.5. The lowest BCUT2D eigenvalue weighted by molar-refractivity contribution is -0.385. The van der Waals surface area contributed by atoms with Crippen LogP contribution in [-0.2, 0) is 20.2 Å². The molecule has 0 fully saturated rings. The largest absolute Gasteiger partial charge is 0.505 e. The molecule has 0 aliphatic rings. The van der Waals surface area contributed by atoms with Crippen molar-refractivity contribution in [3.05, 3.63) is 111 Å². The van der Waals surface area contributed by atoms with E-state index in [1.165, 1.54) is 30.3 Å². The highest BCUT2D eigenvalue weighted by Crippen LogP contribution is 2.45. The zero-order valence-corrected chi connectivity index (χ0v) is 33.5. The van der Waals surface area contributed by atoms with Crippen molar-refractivity contribution in [2.24, 2.45) is 30.7 Å². The third kappa shape index (κ3) is 9.91. The molecule has 0 bridgehead atoms. The van der Waals surface area contributed by atoms with E-state index in [0.29, 0.717) is 10.7 Å². The first-order valence-electron chi connectivity index (χ1n) is 17.6. The predicted molar refractivity (Wildman–Crippen MR) is 216 cm³/mol. The molecule has 64 heavy (non-hydrogen) atoms. The first-order valence-corrected chi connectivity index (χ1v) is 20.5. The Bertz CT molecular complexity index is 3230. The summed E-state index contributed by atoms with van der Waals surface area (Å²) in [6.07, 6.45) is 0. The van der Waals surface area contributed by atoms with Crippen molar-refractivity contribution in [3.8, 4) is 22.9 Å². The van der Waals surface area contributed by atoms with Crippen LogP contribution in [0, 0.1) is 15.9 Å². The first-order chi connectivity index (χ1) is 30.3. The molecule has 0 aliphatic carbocycles. The number of benzene rings is 5. The van der Waals surface area contributed by atoms with E-state index in [1.807, 2.05) is 0 Å². The fraction of sp³-hybridized carbons (Fsp3) is 0.111. The minimum Gasteiger partial charge on any atom is -0.505 e.